The highest BCUT2D eigenvalue weighted by atomic mass is 16.5. The molecule has 0 saturated heterocycles. The van der Waals surface area contributed by atoms with Crippen molar-refractivity contribution in [2.24, 2.45) is 5.92 Å². The van der Waals surface area contributed by atoms with Crippen LogP contribution in [0.1, 0.15) is 30.5 Å². The molecule has 0 fully saturated rings. The summed E-state index contributed by atoms with van der Waals surface area (Å²) >= 11 is 0. The van der Waals surface area contributed by atoms with Crippen LogP contribution in [0.3, 0.4) is 0 Å². The summed E-state index contributed by atoms with van der Waals surface area (Å²) < 4.78 is 7.77. The van der Waals surface area contributed by atoms with Gasteiger partial charge < -0.3 is 15.2 Å². The van der Waals surface area contributed by atoms with Gasteiger partial charge in [0.15, 0.2) is 0 Å². The summed E-state index contributed by atoms with van der Waals surface area (Å²) in [5.41, 5.74) is 2.00. The monoisotopic (exact) mass is 452 g/mol. The van der Waals surface area contributed by atoms with Gasteiger partial charge in [-0.05, 0) is 50.1 Å². The van der Waals surface area contributed by atoms with Crippen LogP contribution in [0.4, 0.5) is 11.6 Å². The average molecular weight is 453 g/mol. The van der Waals surface area contributed by atoms with E-state index >= 15 is 0 Å². The Balaban J connectivity index is 2.06. The number of aliphatic carboxylic acids is 1. The standard InChI is InChI=1S/C24H28N4O5/c1-5-33-20-11-10-19(12-16(20)3)25-22-26-23(31)28(13-17(4)21(29)30)24(32)27(22)14-18-8-6-15(2)7-9-18/h6-12,17H,5,13-14H2,1-4H3,(H,29,30)(H,25,26,31)/t17-/m0/s1. The maximum Gasteiger partial charge on any atom is 0.354 e. The van der Waals surface area contributed by atoms with Crippen molar-refractivity contribution in [1.29, 1.82) is 0 Å². The quantitative estimate of drug-likeness (QED) is 0.513. The molecule has 1 atom stereocenters. The van der Waals surface area contributed by atoms with E-state index in [1.807, 2.05) is 51.1 Å². The van der Waals surface area contributed by atoms with Crippen molar-refractivity contribution in [2.75, 3.05) is 11.9 Å². The van der Waals surface area contributed by atoms with Crippen LogP contribution in [-0.2, 0) is 17.9 Å². The van der Waals surface area contributed by atoms with Crippen molar-refractivity contribution < 1.29 is 14.6 Å². The maximum atomic E-state index is 13.3. The molecule has 0 aliphatic rings. The van der Waals surface area contributed by atoms with Crippen LogP contribution >= 0.6 is 0 Å². The summed E-state index contributed by atoms with van der Waals surface area (Å²) in [5, 5.41) is 12.3. The van der Waals surface area contributed by atoms with Gasteiger partial charge in [0.05, 0.1) is 19.1 Å². The van der Waals surface area contributed by atoms with Gasteiger partial charge >= 0.3 is 17.3 Å². The van der Waals surface area contributed by atoms with E-state index in [1.165, 1.54) is 11.5 Å². The fraction of sp³-hybridized carbons (Fsp3) is 0.333. The summed E-state index contributed by atoms with van der Waals surface area (Å²) in [6, 6.07) is 13.1. The molecule has 0 amide bonds. The Hall–Kier alpha value is -3.88. The molecule has 3 rings (SSSR count). The SMILES string of the molecule is CCOc1ccc(Nc2nc(=O)n(C[C@H](C)C(=O)O)c(=O)n2Cc2ccc(C)cc2)cc1C. The van der Waals surface area contributed by atoms with E-state index in [1.54, 1.807) is 12.1 Å². The third kappa shape index (κ3) is 5.68. The van der Waals surface area contributed by atoms with Crippen molar-refractivity contribution >= 4 is 17.6 Å². The van der Waals surface area contributed by atoms with E-state index in [0.717, 1.165) is 27.0 Å². The van der Waals surface area contributed by atoms with E-state index in [9.17, 15) is 19.5 Å². The Morgan fingerprint density at radius 3 is 2.42 bits per heavy atom. The summed E-state index contributed by atoms with van der Waals surface area (Å²) in [4.78, 5) is 41.3. The molecule has 9 heteroatoms. The molecule has 1 heterocycles. The number of carboxylic acid groups (broad SMARTS) is 1. The van der Waals surface area contributed by atoms with Crippen molar-refractivity contribution in [2.45, 2.75) is 40.8 Å². The number of nitrogens with one attached hydrogen (secondary N) is 1. The van der Waals surface area contributed by atoms with Gasteiger partial charge in [-0.3, -0.25) is 9.36 Å². The zero-order valence-electron chi connectivity index (χ0n) is 19.2. The predicted molar refractivity (Wildman–Crippen MR) is 125 cm³/mol. The van der Waals surface area contributed by atoms with Gasteiger partial charge in [-0.2, -0.15) is 4.98 Å². The van der Waals surface area contributed by atoms with Crippen molar-refractivity contribution in [3.63, 3.8) is 0 Å². The van der Waals surface area contributed by atoms with E-state index in [4.69, 9.17) is 4.74 Å². The van der Waals surface area contributed by atoms with Crippen LogP contribution in [-0.4, -0.2) is 31.8 Å². The molecule has 0 aliphatic carbocycles. The van der Waals surface area contributed by atoms with Gasteiger partial charge in [-0.1, -0.05) is 36.8 Å². The van der Waals surface area contributed by atoms with E-state index < -0.39 is 23.3 Å². The number of hydrogen-bond donors (Lipinski definition) is 2. The highest BCUT2D eigenvalue weighted by Crippen LogP contribution is 2.23. The average Bonchev–Trinajstić information content (AvgIpc) is 2.77. The first kappa shape index (κ1) is 23.8. The minimum atomic E-state index is -1.10. The molecule has 0 spiro atoms. The van der Waals surface area contributed by atoms with Gasteiger partial charge in [0.25, 0.3) is 0 Å². The Bertz CT molecular complexity index is 1260. The molecule has 0 unspecified atom stereocenters. The zero-order valence-corrected chi connectivity index (χ0v) is 19.2. The summed E-state index contributed by atoms with van der Waals surface area (Å²) in [6.07, 6.45) is 0. The lowest BCUT2D eigenvalue weighted by atomic mass is 10.1. The number of benzene rings is 2. The number of nitrogens with zero attached hydrogens (tertiary/aromatic N) is 3. The minimum absolute atomic E-state index is 0.0772. The number of hydrogen-bond acceptors (Lipinski definition) is 6. The highest BCUT2D eigenvalue weighted by molar-refractivity contribution is 5.69. The molecule has 33 heavy (non-hydrogen) atoms. The summed E-state index contributed by atoms with van der Waals surface area (Å²) in [6.45, 7) is 7.63. The van der Waals surface area contributed by atoms with E-state index in [2.05, 4.69) is 10.3 Å². The maximum absolute atomic E-state index is 13.3. The van der Waals surface area contributed by atoms with Crippen molar-refractivity contribution in [3.05, 3.63) is 80.1 Å². The van der Waals surface area contributed by atoms with Crippen molar-refractivity contribution in [3.8, 4) is 5.75 Å². The topological polar surface area (TPSA) is 115 Å². The van der Waals surface area contributed by atoms with Gasteiger partial charge in [0.2, 0.25) is 5.95 Å². The number of anilines is 2. The number of aromatic nitrogens is 3. The molecule has 0 bridgehead atoms. The molecule has 0 aliphatic heterocycles. The molecule has 3 aromatic rings. The van der Waals surface area contributed by atoms with Crippen LogP contribution in [0.5, 0.6) is 5.75 Å². The van der Waals surface area contributed by atoms with Gasteiger partial charge in [-0.25, -0.2) is 14.2 Å². The molecular weight excluding hydrogens is 424 g/mol. The third-order valence-corrected chi connectivity index (χ3v) is 5.22. The Morgan fingerprint density at radius 1 is 1.12 bits per heavy atom. The molecule has 174 valence electrons. The van der Waals surface area contributed by atoms with Crippen LogP contribution in [0.25, 0.3) is 0 Å². The first-order chi connectivity index (χ1) is 15.7. The predicted octanol–water partition coefficient (Wildman–Crippen LogP) is 2.93. The first-order valence-corrected chi connectivity index (χ1v) is 10.7. The zero-order chi connectivity index (χ0) is 24.1. The van der Waals surface area contributed by atoms with Gasteiger partial charge in [-0.15, -0.1) is 0 Å². The summed E-state index contributed by atoms with van der Waals surface area (Å²) in [7, 11) is 0. The molecule has 0 saturated carbocycles. The lowest BCUT2D eigenvalue weighted by molar-refractivity contribution is -0.141. The Kier molecular flexibility index (Phi) is 7.32. The second-order valence-corrected chi connectivity index (χ2v) is 7.96. The molecule has 2 aromatic carbocycles. The number of aryl methyl sites for hydroxylation is 2. The number of rotatable bonds is 9. The lowest BCUT2D eigenvalue weighted by Crippen LogP contribution is -2.44. The molecular formula is C24H28N4O5. The molecule has 2 N–H and O–H groups in total. The Morgan fingerprint density at radius 2 is 1.82 bits per heavy atom. The van der Waals surface area contributed by atoms with Gasteiger partial charge in [0, 0.05) is 12.2 Å². The smallest absolute Gasteiger partial charge is 0.354 e. The molecule has 0 radical (unpaired) electrons. The molecule has 9 nitrogen and oxygen atoms in total. The highest BCUT2D eigenvalue weighted by Gasteiger charge is 2.19. The lowest BCUT2D eigenvalue weighted by Gasteiger charge is -2.17. The Labute approximate surface area is 191 Å². The molecule has 1 aromatic heterocycles. The number of ether oxygens (including phenoxy) is 1. The fourth-order valence-electron chi connectivity index (χ4n) is 3.33. The van der Waals surface area contributed by atoms with Crippen LogP contribution in [0, 0.1) is 19.8 Å². The number of carboxylic acids is 1. The second-order valence-electron chi connectivity index (χ2n) is 7.96. The fourth-order valence-corrected chi connectivity index (χ4v) is 3.33. The largest absolute Gasteiger partial charge is 0.494 e. The second kappa shape index (κ2) is 10.2. The van der Waals surface area contributed by atoms with E-state index in [0.29, 0.717) is 12.3 Å². The third-order valence-electron chi connectivity index (χ3n) is 5.22. The van der Waals surface area contributed by atoms with Gasteiger partial charge in [0.1, 0.15) is 5.75 Å². The first-order valence-electron chi connectivity index (χ1n) is 10.7. The summed E-state index contributed by atoms with van der Waals surface area (Å²) in [5.74, 6) is -1.20. The normalized spacial score (nSPS) is 11.8. The minimum Gasteiger partial charge on any atom is -0.494 e. The van der Waals surface area contributed by atoms with Crippen LogP contribution in [0.15, 0.2) is 52.1 Å². The van der Waals surface area contributed by atoms with Crippen LogP contribution in [0.2, 0.25) is 0 Å². The number of carbonyl (C=O) groups is 1. The van der Waals surface area contributed by atoms with Crippen molar-refractivity contribution in [1.82, 2.24) is 14.1 Å². The van der Waals surface area contributed by atoms with Crippen LogP contribution < -0.4 is 21.4 Å². The van der Waals surface area contributed by atoms with E-state index in [-0.39, 0.29) is 19.0 Å².